The molecule has 0 saturated carbocycles. The minimum Gasteiger partial charge on any atom is -0.488 e. The van der Waals surface area contributed by atoms with Crippen LogP contribution in [0.3, 0.4) is 0 Å². The maximum absolute atomic E-state index is 9.71. The number of ether oxygens (including phenoxy) is 2. The monoisotopic (exact) mass is 495 g/mol. The summed E-state index contributed by atoms with van der Waals surface area (Å²) in [5.74, 6) is 3.53. The van der Waals surface area contributed by atoms with Gasteiger partial charge in [0.2, 0.25) is 0 Å². The standard InChI is InChI=1S/C31H45NO4/c1-5-7-8-9-10-11-16-35-23-30(24(3)4)32-19-26-12-14-27(15-13-26)22-36-31-28(20-33)17-25(6-2)18-29(31)21-34/h2,12-15,17-18,24,30,32-34H,5,7-11,16,19-23H2,1,3-4H3. The van der Waals surface area contributed by atoms with Crippen molar-refractivity contribution in [3.8, 4) is 18.1 Å². The fourth-order valence-electron chi connectivity index (χ4n) is 4.10. The lowest BCUT2D eigenvalue weighted by Gasteiger charge is -2.22. The van der Waals surface area contributed by atoms with Gasteiger partial charge in [0.25, 0.3) is 0 Å². The Labute approximate surface area is 218 Å². The highest BCUT2D eigenvalue weighted by Crippen LogP contribution is 2.27. The van der Waals surface area contributed by atoms with Crippen molar-refractivity contribution in [3.63, 3.8) is 0 Å². The zero-order valence-electron chi connectivity index (χ0n) is 22.4. The zero-order chi connectivity index (χ0) is 26.2. The molecule has 1 unspecified atom stereocenters. The van der Waals surface area contributed by atoms with Crippen molar-refractivity contribution < 1.29 is 19.7 Å². The highest BCUT2D eigenvalue weighted by Gasteiger charge is 2.14. The fourth-order valence-corrected chi connectivity index (χ4v) is 4.10. The van der Waals surface area contributed by atoms with Gasteiger partial charge in [-0.2, -0.15) is 0 Å². The van der Waals surface area contributed by atoms with Gasteiger partial charge >= 0.3 is 0 Å². The van der Waals surface area contributed by atoms with Crippen LogP contribution in [-0.4, -0.2) is 29.5 Å². The quantitative estimate of drug-likeness (QED) is 0.182. The number of benzene rings is 2. The van der Waals surface area contributed by atoms with Crippen LogP contribution in [0.4, 0.5) is 0 Å². The Morgan fingerprint density at radius 2 is 1.53 bits per heavy atom. The number of hydrogen-bond donors (Lipinski definition) is 3. The van der Waals surface area contributed by atoms with E-state index in [0.717, 1.165) is 31.7 Å². The van der Waals surface area contributed by atoms with E-state index in [2.05, 4.69) is 44.1 Å². The minimum atomic E-state index is -0.206. The van der Waals surface area contributed by atoms with Crippen molar-refractivity contribution in [2.24, 2.45) is 5.92 Å². The number of hydrogen-bond acceptors (Lipinski definition) is 5. The molecule has 2 aromatic carbocycles. The molecule has 0 aliphatic carbocycles. The van der Waals surface area contributed by atoms with Crippen LogP contribution in [0.5, 0.6) is 5.75 Å². The summed E-state index contributed by atoms with van der Waals surface area (Å²) in [7, 11) is 0. The predicted molar refractivity (Wildman–Crippen MR) is 147 cm³/mol. The van der Waals surface area contributed by atoms with Gasteiger partial charge in [0.05, 0.1) is 19.8 Å². The summed E-state index contributed by atoms with van der Waals surface area (Å²) < 4.78 is 11.9. The smallest absolute Gasteiger partial charge is 0.130 e. The number of nitrogens with one attached hydrogen (secondary N) is 1. The molecule has 3 N–H and O–H groups in total. The zero-order valence-corrected chi connectivity index (χ0v) is 22.4. The average Bonchev–Trinajstić information content (AvgIpc) is 2.90. The van der Waals surface area contributed by atoms with Crippen LogP contribution in [0, 0.1) is 18.3 Å². The Morgan fingerprint density at radius 1 is 0.917 bits per heavy atom. The molecule has 0 fully saturated rings. The average molecular weight is 496 g/mol. The van der Waals surface area contributed by atoms with Crippen LogP contribution in [0.25, 0.3) is 0 Å². The van der Waals surface area contributed by atoms with Crippen molar-refractivity contribution in [3.05, 3.63) is 64.2 Å². The van der Waals surface area contributed by atoms with E-state index < -0.39 is 0 Å². The van der Waals surface area contributed by atoms with Crippen LogP contribution in [0.15, 0.2) is 36.4 Å². The summed E-state index contributed by atoms with van der Waals surface area (Å²) >= 11 is 0. The van der Waals surface area contributed by atoms with Crippen LogP contribution in [-0.2, 0) is 31.1 Å². The van der Waals surface area contributed by atoms with Crippen LogP contribution in [0.1, 0.15) is 87.1 Å². The summed E-state index contributed by atoms with van der Waals surface area (Å²) in [6.07, 6.45) is 13.2. The second kappa shape index (κ2) is 17.2. The molecular weight excluding hydrogens is 450 g/mol. The molecule has 0 aliphatic heterocycles. The minimum absolute atomic E-state index is 0.206. The Bertz CT molecular complexity index is 892. The van der Waals surface area contributed by atoms with Crippen molar-refractivity contribution in [1.29, 1.82) is 0 Å². The molecule has 0 saturated heterocycles. The van der Waals surface area contributed by atoms with E-state index >= 15 is 0 Å². The second-order valence-electron chi connectivity index (χ2n) is 9.76. The SMILES string of the molecule is C#Cc1cc(CO)c(OCc2ccc(CNC(COCCCCCCCC)C(C)C)cc2)c(CO)c1. The van der Waals surface area contributed by atoms with E-state index in [1.807, 2.05) is 12.1 Å². The molecule has 0 radical (unpaired) electrons. The Hall–Kier alpha value is -2.36. The van der Waals surface area contributed by atoms with Gasteiger partial charge in [-0.3, -0.25) is 0 Å². The van der Waals surface area contributed by atoms with Gasteiger partial charge in [0.1, 0.15) is 12.4 Å². The highest BCUT2D eigenvalue weighted by molar-refractivity contribution is 5.49. The lowest BCUT2D eigenvalue weighted by molar-refractivity contribution is 0.0942. The third-order valence-electron chi connectivity index (χ3n) is 6.47. The van der Waals surface area contributed by atoms with Crippen molar-refractivity contribution in [1.82, 2.24) is 5.32 Å². The van der Waals surface area contributed by atoms with Gasteiger partial charge in [0.15, 0.2) is 0 Å². The van der Waals surface area contributed by atoms with E-state index in [-0.39, 0.29) is 13.2 Å². The Balaban J connectivity index is 1.81. The van der Waals surface area contributed by atoms with Crippen molar-refractivity contribution in [2.75, 3.05) is 13.2 Å². The number of aliphatic hydroxyl groups is 2. The van der Waals surface area contributed by atoms with E-state index in [1.165, 1.54) is 37.7 Å². The number of rotatable bonds is 18. The number of unbranched alkanes of at least 4 members (excludes halogenated alkanes) is 5. The summed E-state index contributed by atoms with van der Waals surface area (Å²) in [5.41, 5.74) is 3.98. The molecule has 2 aromatic rings. The highest BCUT2D eigenvalue weighted by atomic mass is 16.5. The second-order valence-corrected chi connectivity index (χ2v) is 9.76. The first-order chi connectivity index (χ1) is 17.5. The first-order valence-corrected chi connectivity index (χ1v) is 13.4. The lowest BCUT2D eigenvalue weighted by Crippen LogP contribution is -2.37. The van der Waals surface area contributed by atoms with E-state index in [9.17, 15) is 10.2 Å². The maximum atomic E-state index is 9.71. The molecule has 0 bridgehead atoms. The third kappa shape index (κ3) is 10.3. The maximum Gasteiger partial charge on any atom is 0.130 e. The molecule has 0 aliphatic rings. The summed E-state index contributed by atoms with van der Waals surface area (Å²) in [4.78, 5) is 0. The molecule has 2 rings (SSSR count). The number of aliphatic hydroxyl groups excluding tert-OH is 2. The van der Waals surface area contributed by atoms with Gasteiger partial charge in [-0.15, -0.1) is 6.42 Å². The molecule has 0 heterocycles. The van der Waals surface area contributed by atoms with E-state index in [0.29, 0.717) is 41.0 Å². The Morgan fingerprint density at radius 3 is 2.11 bits per heavy atom. The first kappa shape index (κ1) is 29.9. The normalized spacial score (nSPS) is 12.0. The summed E-state index contributed by atoms with van der Waals surface area (Å²) in [5, 5.41) is 23.1. The van der Waals surface area contributed by atoms with Crippen molar-refractivity contribution in [2.45, 2.75) is 91.7 Å². The van der Waals surface area contributed by atoms with Crippen molar-refractivity contribution >= 4 is 0 Å². The molecule has 36 heavy (non-hydrogen) atoms. The van der Waals surface area contributed by atoms with Crippen LogP contribution >= 0.6 is 0 Å². The molecule has 0 aromatic heterocycles. The third-order valence-corrected chi connectivity index (χ3v) is 6.47. The van der Waals surface area contributed by atoms with Gasteiger partial charge in [-0.25, -0.2) is 0 Å². The Kier molecular flexibility index (Phi) is 14.2. The van der Waals surface area contributed by atoms with Gasteiger partial charge < -0.3 is 25.0 Å². The topological polar surface area (TPSA) is 71.0 Å². The van der Waals surface area contributed by atoms with Crippen LogP contribution < -0.4 is 10.1 Å². The molecule has 198 valence electrons. The van der Waals surface area contributed by atoms with Gasteiger partial charge in [-0.1, -0.05) is 83.1 Å². The molecule has 0 spiro atoms. The molecular formula is C31H45NO4. The lowest BCUT2D eigenvalue weighted by atomic mass is 10.0. The molecule has 5 heteroatoms. The number of terminal acetylenes is 1. The van der Waals surface area contributed by atoms with Gasteiger partial charge in [-0.05, 0) is 35.6 Å². The van der Waals surface area contributed by atoms with Gasteiger partial charge in [0, 0.05) is 35.9 Å². The van der Waals surface area contributed by atoms with E-state index in [1.54, 1.807) is 12.1 Å². The predicted octanol–water partition coefficient (Wildman–Crippen LogP) is 5.72. The summed E-state index contributed by atoms with van der Waals surface area (Å²) in [6, 6.07) is 12.0. The summed E-state index contributed by atoms with van der Waals surface area (Å²) in [6.45, 7) is 8.98. The molecule has 5 nitrogen and oxygen atoms in total. The fraction of sp³-hybridized carbons (Fsp3) is 0.548. The first-order valence-electron chi connectivity index (χ1n) is 13.4. The van der Waals surface area contributed by atoms with Crippen LogP contribution in [0.2, 0.25) is 0 Å². The molecule has 0 amide bonds. The van der Waals surface area contributed by atoms with E-state index in [4.69, 9.17) is 15.9 Å². The largest absolute Gasteiger partial charge is 0.488 e. The molecule has 1 atom stereocenters.